The van der Waals surface area contributed by atoms with Crippen LogP contribution in [0.4, 0.5) is 11.4 Å². The quantitative estimate of drug-likeness (QED) is 0.658. The maximum atomic E-state index is 12.3. The summed E-state index contributed by atoms with van der Waals surface area (Å²) in [6, 6.07) is 10.9. The number of methoxy groups -OCH3 is 2. The SMILES string of the molecule is COc1cc(NC(=O)CNc2cc(-n3cnnn3)ccc2C)cc(OC)c1. The van der Waals surface area contributed by atoms with Gasteiger partial charge in [0.05, 0.1) is 26.5 Å². The number of carbonyl (C=O) groups excluding carboxylic acids is 1. The van der Waals surface area contributed by atoms with E-state index in [4.69, 9.17) is 9.47 Å². The molecule has 9 heteroatoms. The molecule has 0 saturated heterocycles. The van der Waals surface area contributed by atoms with E-state index < -0.39 is 0 Å². The average molecular weight is 368 g/mol. The highest BCUT2D eigenvalue weighted by Gasteiger charge is 2.08. The molecule has 27 heavy (non-hydrogen) atoms. The number of carbonyl (C=O) groups is 1. The molecule has 0 radical (unpaired) electrons. The second-order valence-electron chi connectivity index (χ2n) is 5.76. The first kappa shape index (κ1) is 18.2. The molecule has 9 nitrogen and oxygen atoms in total. The monoisotopic (exact) mass is 368 g/mol. The van der Waals surface area contributed by atoms with Crippen LogP contribution in [0.1, 0.15) is 5.56 Å². The third-order valence-electron chi connectivity index (χ3n) is 3.91. The van der Waals surface area contributed by atoms with Crippen molar-refractivity contribution in [1.82, 2.24) is 20.2 Å². The van der Waals surface area contributed by atoms with Crippen molar-refractivity contribution in [2.75, 3.05) is 31.4 Å². The fourth-order valence-corrected chi connectivity index (χ4v) is 2.48. The summed E-state index contributed by atoms with van der Waals surface area (Å²) in [5.74, 6) is 1.00. The third-order valence-corrected chi connectivity index (χ3v) is 3.91. The van der Waals surface area contributed by atoms with Crippen LogP contribution in [0, 0.1) is 6.92 Å². The fraction of sp³-hybridized carbons (Fsp3) is 0.222. The minimum absolute atomic E-state index is 0.0967. The van der Waals surface area contributed by atoms with Gasteiger partial charge < -0.3 is 20.1 Å². The molecule has 0 atom stereocenters. The zero-order valence-electron chi connectivity index (χ0n) is 15.3. The van der Waals surface area contributed by atoms with Crippen LogP contribution in [0.3, 0.4) is 0 Å². The van der Waals surface area contributed by atoms with E-state index >= 15 is 0 Å². The first-order valence-corrected chi connectivity index (χ1v) is 8.20. The topological polar surface area (TPSA) is 103 Å². The maximum absolute atomic E-state index is 12.3. The summed E-state index contributed by atoms with van der Waals surface area (Å²) in [5, 5.41) is 17.1. The molecule has 140 valence electrons. The molecule has 0 aliphatic rings. The van der Waals surface area contributed by atoms with Gasteiger partial charge in [0.2, 0.25) is 5.91 Å². The van der Waals surface area contributed by atoms with Gasteiger partial charge in [0.15, 0.2) is 0 Å². The van der Waals surface area contributed by atoms with Gasteiger partial charge in [0, 0.05) is 29.6 Å². The standard InChI is InChI=1S/C18H20N6O3/c1-12-4-5-14(24-11-20-22-23-24)8-17(12)19-10-18(25)21-13-6-15(26-2)9-16(7-13)27-3/h4-9,11,19H,10H2,1-3H3,(H,21,25). The zero-order valence-corrected chi connectivity index (χ0v) is 15.3. The van der Waals surface area contributed by atoms with Crippen molar-refractivity contribution in [3.63, 3.8) is 0 Å². The fourth-order valence-electron chi connectivity index (χ4n) is 2.48. The van der Waals surface area contributed by atoms with Crippen LogP contribution in [-0.2, 0) is 4.79 Å². The Kier molecular flexibility index (Phi) is 5.50. The van der Waals surface area contributed by atoms with Gasteiger partial charge in [-0.2, -0.15) is 0 Å². The van der Waals surface area contributed by atoms with Crippen LogP contribution >= 0.6 is 0 Å². The number of aryl methyl sites for hydroxylation is 1. The van der Waals surface area contributed by atoms with E-state index in [0.717, 1.165) is 16.9 Å². The van der Waals surface area contributed by atoms with Gasteiger partial charge in [0.1, 0.15) is 17.8 Å². The second-order valence-corrected chi connectivity index (χ2v) is 5.76. The lowest BCUT2D eigenvalue weighted by molar-refractivity contribution is -0.114. The van der Waals surface area contributed by atoms with E-state index in [0.29, 0.717) is 17.2 Å². The molecule has 0 aliphatic heterocycles. The van der Waals surface area contributed by atoms with Gasteiger partial charge in [-0.15, -0.1) is 5.10 Å². The first-order valence-electron chi connectivity index (χ1n) is 8.20. The van der Waals surface area contributed by atoms with Crippen molar-refractivity contribution in [2.45, 2.75) is 6.92 Å². The number of nitrogens with zero attached hydrogens (tertiary/aromatic N) is 4. The number of amides is 1. The molecule has 0 bridgehead atoms. The van der Waals surface area contributed by atoms with Crippen LogP contribution in [0.5, 0.6) is 11.5 Å². The molecule has 0 aliphatic carbocycles. The predicted octanol–water partition coefficient (Wildman–Crippen LogP) is 2.04. The van der Waals surface area contributed by atoms with E-state index in [9.17, 15) is 4.79 Å². The van der Waals surface area contributed by atoms with Crippen molar-refractivity contribution in [3.8, 4) is 17.2 Å². The minimum atomic E-state index is -0.197. The van der Waals surface area contributed by atoms with Gasteiger partial charge in [-0.05, 0) is 35.0 Å². The molecule has 1 heterocycles. The van der Waals surface area contributed by atoms with Crippen molar-refractivity contribution in [2.24, 2.45) is 0 Å². The number of tetrazole rings is 1. The molecular weight excluding hydrogens is 348 g/mol. The predicted molar refractivity (Wildman–Crippen MR) is 101 cm³/mol. The molecule has 3 aromatic rings. The Morgan fingerprint density at radius 1 is 1.11 bits per heavy atom. The van der Waals surface area contributed by atoms with Crippen LogP contribution in [-0.4, -0.2) is 46.9 Å². The lowest BCUT2D eigenvalue weighted by Gasteiger charge is -2.13. The summed E-state index contributed by atoms with van der Waals surface area (Å²) in [7, 11) is 3.12. The number of ether oxygens (including phenoxy) is 2. The third kappa shape index (κ3) is 4.51. The lowest BCUT2D eigenvalue weighted by Crippen LogP contribution is -2.22. The van der Waals surface area contributed by atoms with Crippen LogP contribution in [0.25, 0.3) is 5.69 Å². The number of nitrogens with one attached hydrogen (secondary N) is 2. The number of hydrogen-bond acceptors (Lipinski definition) is 7. The van der Waals surface area contributed by atoms with E-state index in [2.05, 4.69) is 26.2 Å². The minimum Gasteiger partial charge on any atom is -0.497 e. The maximum Gasteiger partial charge on any atom is 0.243 e. The highest BCUT2D eigenvalue weighted by Crippen LogP contribution is 2.25. The van der Waals surface area contributed by atoms with E-state index in [1.165, 1.54) is 6.33 Å². The summed E-state index contributed by atoms with van der Waals surface area (Å²) in [5.41, 5.74) is 3.22. The first-order chi connectivity index (χ1) is 13.1. The van der Waals surface area contributed by atoms with E-state index in [-0.39, 0.29) is 12.5 Å². The average Bonchev–Trinajstić information content (AvgIpc) is 3.21. The normalized spacial score (nSPS) is 10.3. The van der Waals surface area contributed by atoms with Gasteiger partial charge in [-0.1, -0.05) is 6.07 Å². The van der Waals surface area contributed by atoms with Gasteiger partial charge in [0.25, 0.3) is 0 Å². The summed E-state index contributed by atoms with van der Waals surface area (Å²) >= 11 is 0. The van der Waals surface area contributed by atoms with Crippen molar-refractivity contribution < 1.29 is 14.3 Å². The Balaban J connectivity index is 1.67. The van der Waals surface area contributed by atoms with Gasteiger partial charge in [-0.3, -0.25) is 4.79 Å². The number of anilines is 2. The van der Waals surface area contributed by atoms with Crippen molar-refractivity contribution in [1.29, 1.82) is 0 Å². The highest BCUT2D eigenvalue weighted by molar-refractivity contribution is 5.94. The zero-order chi connectivity index (χ0) is 19.2. The van der Waals surface area contributed by atoms with Crippen molar-refractivity contribution in [3.05, 3.63) is 48.3 Å². The molecule has 0 unspecified atom stereocenters. The Bertz CT molecular complexity index is 905. The van der Waals surface area contributed by atoms with Crippen molar-refractivity contribution >= 4 is 17.3 Å². The molecule has 2 aromatic carbocycles. The Labute approximate surface area is 156 Å². The molecule has 2 N–H and O–H groups in total. The highest BCUT2D eigenvalue weighted by atomic mass is 16.5. The van der Waals surface area contributed by atoms with Gasteiger partial charge in [-0.25, -0.2) is 4.68 Å². The molecule has 0 fully saturated rings. The second kappa shape index (κ2) is 8.17. The largest absolute Gasteiger partial charge is 0.497 e. The smallest absolute Gasteiger partial charge is 0.243 e. The number of benzene rings is 2. The Morgan fingerprint density at radius 3 is 2.48 bits per heavy atom. The molecule has 0 spiro atoms. The lowest BCUT2D eigenvalue weighted by atomic mass is 10.2. The summed E-state index contributed by atoms with van der Waals surface area (Å²) < 4.78 is 12.0. The summed E-state index contributed by atoms with van der Waals surface area (Å²) in [6.45, 7) is 2.05. The summed E-state index contributed by atoms with van der Waals surface area (Å²) in [6.07, 6.45) is 1.51. The molecule has 1 aromatic heterocycles. The Morgan fingerprint density at radius 2 is 1.85 bits per heavy atom. The summed E-state index contributed by atoms with van der Waals surface area (Å²) in [4.78, 5) is 12.3. The van der Waals surface area contributed by atoms with Crippen LogP contribution < -0.4 is 20.1 Å². The number of hydrogen-bond donors (Lipinski definition) is 2. The van der Waals surface area contributed by atoms with Gasteiger partial charge >= 0.3 is 0 Å². The molecule has 0 saturated carbocycles. The van der Waals surface area contributed by atoms with Crippen LogP contribution in [0.15, 0.2) is 42.7 Å². The Hall–Kier alpha value is -3.62. The molecule has 1 amide bonds. The van der Waals surface area contributed by atoms with E-state index in [1.807, 2.05) is 25.1 Å². The number of aromatic nitrogens is 4. The van der Waals surface area contributed by atoms with Crippen LogP contribution in [0.2, 0.25) is 0 Å². The number of rotatable bonds is 7. The van der Waals surface area contributed by atoms with E-state index in [1.54, 1.807) is 37.1 Å². The molecule has 3 rings (SSSR count). The molecular formula is C18H20N6O3.